The lowest BCUT2D eigenvalue weighted by Gasteiger charge is -2.13. The van der Waals surface area contributed by atoms with Gasteiger partial charge in [0.05, 0.1) is 0 Å². The zero-order chi connectivity index (χ0) is 12.1. The van der Waals surface area contributed by atoms with Crippen LogP contribution >= 0.6 is 12.2 Å². The molecule has 2 nitrogen and oxygen atoms in total. The summed E-state index contributed by atoms with van der Waals surface area (Å²) in [5.74, 6) is -1.15. The van der Waals surface area contributed by atoms with Crippen molar-refractivity contribution < 1.29 is 8.78 Å². The van der Waals surface area contributed by atoms with E-state index in [4.69, 9.17) is 12.2 Å². The average Bonchev–Trinajstić information content (AvgIpc) is 2.15. The molecule has 0 saturated heterocycles. The molecule has 0 atom stereocenters. The summed E-state index contributed by atoms with van der Waals surface area (Å²) >= 11 is 4.98. The van der Waals surface area contributed by atoms with Crippen LogP contribution in [0.5, 0.6) is 0 Å². The summed E-state index contributed by atoms with van der Waals surface area (Å²) in [7, 11) is 0. The van der Waals surface area contributed by atoms with Gasteiger partial charge in [-0.1, -0.05) is 6.07 Å². The molecule has 0 radical (unpaired) electrons. The number of hydrogen-bond donors (Lipinski definition) is 2. The zero-order valence-electron chi connectivity index (χ0n) is 9.18. The highest BCUT2D eigenvalue weighted by molar-refractivity contribution is 7.80. The van der Waals surface area contributed by atoms with E-state index < -0.39 is 11.6 Å². The van der Waals surface area contributed by atoms with E-state index in [9.17, 15) is 8.78 Å². The molecule has 2 N–H and O–H groups in total. The van der Waals surface area contributed by atoms with Gasteiger partial charge in [-0.05, 0) is 32.1 Å². The van der Waals surface area contributed by atoms with Crippen LogP contribution in [0.4, 0.5) is 8.78 Å². The van der Waals surface area contributed by atoms with E-state index in [1.54, 1.807) is 0 Å². The Morgan fingerprint density at radius 2 is 2.06 bits per heavy atom. The number of nitrogens with one attached hydrogen (secondary N) is 2. The van der Waals surface area contributed by atoms with Crippen LogP contribution in [0.15, 0.2) is 18.2 Å². The van der Waals surface area contributed by atoms with Crippen LogP contribution in [-0.2, 0) is 6.54 Å². The molecule has 1 rings (SSSR count). The maximum atomic E-state index is 13.2. The fraction of sp³-hybridized carbons (Fsp3) is 0.364. The number of halogens is 2. The molecule has 0 heterocycles. The minimum atomic E-state index is -0.580. The molecule has 0 bridgehead atoms. The molecule has 0 aliphatic carbocycles. The molecule has 1 aromatic rings. The van der Waals surface area contributed by atoms with Crippen molar-refractivity contribution in [3.8, 4) is 0 Å². The molecule has 0 aromatic heterocycles. The molecule has 0 amide bonds. The normalized spacial score (nSPS) is 10.3. The van der Waals surface area contributed by atoms with Crippen LogP contribution in [0.25, 0.3) is 0 Å². The van der Waals surface area contributed by atoms with Crippen molar-refractivity contribution in [2.75, 3.05) is 0 Å². The van der Waals surface area contributed by atoms with Crippen molar-refractivity contribution in [2.24, 2.45) is 0 Å². The third kappa shape index (κ3) is 4.10. The lowest BCUT2D eigenvalue weighted by atomic mass is 10.2. The Morgan fingerprint density at radius 1 is 1.38 bits per heavy atom. The third-order valence-corrected chi connectivity index (χ3v) is 2.14. The molecule has 0 aliphatic rings. The SMILES string of the molecule is CC(C)NC(=S)NCc1ccc(F)cc1F. The summed E-state index contributed by atoms with van der Waals surface area (Å²) in [6, 6.07) is 3.70. The molecule has 0 spiro atoms. The molecular weight excluding hydrogens is 230 g/mol. The van der Waals surface area contributed by atoms with Gasteiger partial charge < -0.3 is 10.6 Å². The first-order chi connectivity index (χ1) is 7.49. The summed E-state index contributed by atoms with van der Waals surface area (Å²) in [6.45, 7) is 4.14. The highest BCUT2D eigenvalue weighted by Gasteiger charge is 2.04. The summed E-state index contributed by atoms with van der Waals surface area (Å²) in [5.41, 5.74) is 0.384. The quantitative estimate of drug-likeness (QED) is 0.798. The fourth-order valence-corrected chi connectivity index (χ4v) is 1.46. The van der Waals surface area contributed by atoms with Crippen molar-refractivity contribution in [3.05, 3.63) is 35.4 Å². The van der Waals surface area contributed by atoms with E-state index in [-0.39, 0.29) is 12.6 Å². The number of benzene rings is 1. The standard InChI is InChI=1S/C11H14F2N2S/c1-7(2)15-11(16)14-6-8-3-4-9(12)5-10(8)13/h3-5,7H,6H2,1-2H3,(H2,14,15,16). The number of rotatable bonds is 3. The van der Waals surface area contributed by atoms with Gasteiger partial charge in [-0.25, -0.2) is 8.78 Å². The van der Waals surface area contributed by atoms with Gasteiger partial charge in [-0.15, -0.1) is 0 Å². The van der Waals surface area contributed by atoms with Gasteiger partial charge in [-0.3, -0.25) is 0 Å². The summed E-state index contributed by atoms with van der Waals surface area (Å²) in [6.07, 6.45) is 0. The lowest BCUT2D eigenvalue weighted by molar-refractivity contribution is 0.569. The Balaban J connectivity index is 2.51. The molecule has 0 saturated carbocycles. The van der Waals surface area contributed by atoms with Gasteiger partial charge in [-0.2, -0.15) is 0 Å². The van der Waals surface area contributed by atoms with Gasteiger partial charge in [0.25, 0.3) is 0 Å². The van der Waals surface area contributed by atoms with Gasteiger partial charge in [0, 0.05) is 24.2 Å². The lowest BCUT2D eigenvalue weighted by Crippen LogP contribution is -2.38. The molecule has 88 valence electrons. The minimum absolute atomic E-state index is 0.220. The van der Waals surface area contributed by atoms with Gasteiger partial charge in [0.15, 0.2) is 5.11 Å². The van der Waals surface area contributed by atoms with E-state index in [1.165, 1.54) is 12.1 Å². The van der Waals surface area contributed by atoms with E-state index in [2.05, 4.69) is 10.6 Å². The molecule has 0 unspecified atom stereocenters. The summed E-state index contributed by atoms with van der Waals surface area (Å²) < 4.78 is 25.8. The Morgan fingerprint density at radius 3 is 2.62 bits per heavy atom. The van der Waals surface area contributed by atoms with Crippen LogP contribution in [0.3, 0.4) is 0 Å². The van der Waals surface area contributed by atoms with Crippen molar-refractivity contribution in [2.45, 2.75) is 26.4 Å². The second kappa shape index (κ2) is 5.75. The van der Waals surface area contributed by atoms with Crippen LogP contribution in [-0.4, -0.2) is 11.2 Å². The topological polar surface area (TPSA) is 24.1 Å². The van der Waals surface area contributed by atoms with Crippen molar-refractivity contribution in [3.63, 3.8) is 0 Å². The largest absolute Gasteiger partial charge is 0.361 e. The van der Waals surface area contributed by atoms with Crippen LogP contribution in [0.2, 0.25) is 0 Å². The molecule has 0 fully saturated rings. The van der Waals surface area contributed by atoms with E-state index in [0.717, 1.165) is 6.07 Å². The maximum absolute atomic E-state index is 13.2. The van der Waals surface area contributed by atoms with Gasteiger partial charge >= 0.3 is 0 Å². The predicted molar refractivity (Wildman–Crippen MR) is 64.1 cm³/mol. The van der Waals surface area contributed by atoms with Crippen LogP contribution < -0.4 is 10.6 Å². The van der Waals surface area contributed by atoms with Crippen molar-refractivity contribution >= 4 is 17.3 Å². The Bertz CT molecular complexity index is 380. The van der Waals surface area contributed by atoms with Crippen molar-refractivity contribution in [1.29, 1.82) is 0 Å². The first-order valence-electron chi connectivity index (χ1n) is 4.97. The zero-order valence-corrected chi connectivity index (χ0v) is 10.00. The molecular formula is C11H14F2N2S. The first kappa shape index (κ1) is 12.8. The van der Waals surface area contributed by atoms with Crippen LogP contribution in [0.1, 0.15) is 19.4 Å². The summed E-state index contributed by atoms with van der Waals surface area (Å²) in [4.78, 5) is 0. The van der Waals surface area contributed by atoms with Gasteiger partial charge in [0.1, 0.15) is 11.6 Å². The first-order valence-corrected chi connectivity index (χ1v) is 5.38. The minimum Gasteiger partial charge on any atom is -0.361 e. The molecule has 0 aliphatic heterocycles. The average molecular weight is 244 g/mol. The number of thiocarbonyl (C=S) groups is 1. The highest BCUT2D eigenvalue weighted by atomic mass is 32.1. The van der Waals surface area contributed by atoms with Crippen molar-refractivity contribution in [1.82, 2.24) is 10.6 Å². The third-order valence-electron chi connectivity index (χ3n) is 1.87. The van der Waals surface area contributed by atoms with E-state index >= 15 is 0 Å². The molecule has 5 heteroatoms. The Labute approximate surface area is 99.0 Å². The molecule has 16 heavy (non-hydrogen) atoms. The predicted octanol–water partition coefficient (Wildman–Crippen LogP) is 2.34. The summed E-state index contributed by atoms with van der Waals surface area (Å²) in [5, 5.41) is 6.27. The van der Waals surface area contributed by atoms with Crippen LogP contribution in [0, 0.1) is 11.6 Å². The van der Waals surface area contributed by atoms with E-state index in [1.807, 2.05) is 13.8 Å². The smallest absolute Gasteiger partial charge is 0.166 e. The Kier molecular flexibility index (Phi) is 4.61. The second-order valence-electron chi connectivity index (χ2n) is 3.72. The monoisotopic (exact) mass is 244 g/mol. The fourth-order valence-electron chi connectivity index (χ4n) is 1.15. The highest BCUT2D eigenvalue weighted by Crippen LogP contribution is 2.08. The Hall–Kier alpha value is -1.23. The number of hydrogen-bond acceptors (Lipinski definition) is 1. The second-order valence-corrected chi connectivity index (χ2v) is 4.13. The van der Waals surface area contributed by atoms with Gasteiger partial charge in [0.2, 0.25) is 0 Å². The molecule has 1 aromatic carbocycles. The van der Waals surface area contributed by atoms with E-state index in [0.29, 0.717) is 10.7 Å². The maximum Gasteiger partial charge on any atom is 0.166 e.